The highest BCUT2D eigenvalue weighted by Crippen LogP contribution is 2.32. The van der Waals surface area contributed by atoms with Crippen molar-refractivity contribution in [3.8, 4) is 0 Å². The summed E-state index contributed by atoms with van der Waals surface area (Å²) in [6, 6.07) is 0. The minimum absolute atomic E-state index is 0.0801. The lowest BCUT2D eigenvalue weighted by Gasteiger charge is -2.31. The number of carbonyl (C=O) groups excluding carboxylic acids is 2. The number of carbonyl (C=O) groups is 1. The zero-order chi connectivity index (χ0) is 14.5. The molecule has 4 heteroatoms. The molecule has 19 heavy (non-hydrogen) atoms. The molecule has 0 bridgehead atoms. The zero-order valence-electron chi connectivity index (χ0n) is 12.4. The minimum atomic E-state index is -0.352. The lowest BCUT2D eigenvalue weighted by Crippen LogP contribution is -2.43. The van der Waals surface area contributed by atoms with Crippen molar-refractivity contribution in [2.24, 2.45) is 11.8 Å². The van der Waals surface area contributed by atoms with Crippen LogP contribution in [0.4, 0.5) is 4.79 Å². The van der Waals surface area contributed by atoms with Gasteiger partial charge in [-0.05, 0) is 65.2 Å². The summed E-state index contributed by atoms with van der Waals surface area (Å²) in [5.74, 6) is 2.61. The van der Waals surface area contributed by atoms with Gasteiger partial charge >= 0.3 is 6.09 Å². The molecule has 1 rings (SSSR count). The lowest BCUT2D eigenvalue weighted by atomic mass is 9.80. The molecular formula is C15H25NO3. The van der Waals surface area contributed by atoms with Gasteiger partial charge in [-0.1, -0.05) is 0 Å². The van der Waals surface area contributed by atoms with Crippen LogP contribution >= 0.6 is 0 Å². The number of nitrogens with one attached hydrogen (secondary N) is 1. The number of hydrogen-bond donors (Lipinski definition) is 1. The van der Waals surface area contributed by atoms with Crippen LogP contribution in [0.1, 0.15) is 53.4 Å². The van der Waals surface area contributed by atoms with Crippen molar-refractivity contribution in [2.45, 2.75) is 65.0 Å². The summed E-state index contributed by atoms with van der Waals surface area (Å²) >= 11 is 0. The van der Waals surface area contributed by atoms with Crippen LogP contribution in [0.2, 0.25) is 0 Å². The Hall–Kier alpha value is -1.28. The maximum atomic E-state index is 11.7. The smallest absolute Gasteiger partial charge is 0.407 e. The van der Waals surface area contributed by atoms with E-state index in [9.17, 15) is 9.59 Å². The predicted octanol–water partition coefficient (Wildman–Crippen LogP) is 3.09. The number of ether oxygens (including phenoxy) is 1. The number of hydrogen-bond acceptors (Lipinski definition) is 3. The highest BCUT2D eigenvalue weighted by Gasteiger charge is 2.27. The second kappa shape index (κ2) is 6.76. The Balaban J connectivity index is 2.37. The third kappa shape index (κ3) is 5.93. The molecule has 1 unspecified atom stereocenters. The first-order valence-electron chi connectivity index (χ1n) is 7.01. The second-order valence-corrected chi connectivity index (χ2v) is 6.44. The van der Waals surface area contributed by atoms with Crippen LogP contribution in [0, 0.1) is 11.8 Å². The van der Waals surface area contributed by atoms with Crippen molar-refractivity contribution in [3.05, 3.63) is 6.08 Å². The molecule has 0 saturated heterocycles. The standard InChI is InChI=1S/C15H25NO3/c1-11(19-14(18)16-15(2,3)4)13-7-5-12(6-8-13)9-10-17/h9,11-13H,5-8H2,1-4H3,(H,16,18). The van der Waals surface area contributed by atoms with Crippen LogP contribution in [-0.2, 0) is 9.53 Å². The summed E-state index contributed by atoms with van der Waals surface area (Å²) in [6.07, 6.45) is 5.13. The van der Waals surface area contributed by atoms with Gasteiger partial charge in [0.15, 0.2) is 0 Å². The van der Waals surface area contributed by atoms with Crippen LogP contribution in [0.5, 0.6) is 0 Å². The Bertz CT molecular complexity index is 345. The first-order chi connectivity index (χ1) is 8.81. The Morgan fingerprint density at radius 3 is 2.37 bits per heavy atom. The van der Waals surface area contributed by atoms with E-state index in [4.69, 9.17) is 4.74 Å². The number of rotatable bonds is 3. The second-order valence-electron chi connectivity index (χ2n) is 6.44. The van der Waals surface area contributed by atoms with Crippen molar-refractivity contribution in [2.75, 3.05) is 0 Å². The van der Waals surface area contributed by atoms with Crippen LogP contribution in [-0.4, -0.2) is 23.7 Å². The van der Waals surface area contributed by atoms with Gasteiger partial charge in [0, 0.05) is 11.6 Å². The van der Waals surface area contributed by atoms with Gasteiger partial charge in [0.05, 0.1) is 0 Å². The van der Waals surface area contributed by atoms with Gasteiger partial charge in [-0.25, -0.2) is 9.59 Å². The van der Waals surface area contributed by atoms with Crippen LogP contribution < -0.4 is 5.32 Å². The van der Waals surface area contributed by atoms with E-state index in [1.807, 2.05) is 33.6 Å². The molecule has 1 atom stereocenters. The molecule has 0 spiro atoms. The zero-order valence-corrected chi connectivity index (χ0v) is 12.4. The molecule has 1 aliphatic rings. The van der Waals surface area contributed by atoms with Crippen LogP contribution in [0.15, 0.2) is 6.08 Å². The van der Waals surface area contributed by atoms with E-state index >= 15 is 0 Å². The fraction of sp³-hybridized carbons (Fsp3) is 0.800. The van der Waals surface area contributed by atoms with E-state index in [1.54, 1.807) is 6.08 Å². The van der Waals surface area contributed by atoms with E-state index in [0.29, 0.717) is 11.8 Å². The first kappa shape index (κ1) is 15.8. The normalized spacial score (nSPS) is 25.1. The summed E-state index contributed by atoms with van der Waals surface area (Å²) in [4.78, 5) is 22.0. The first-order valence-corrected chi connectivity index (χ1v) is 7.01. The molecule has 1 fully saturated rings. The van der Waals surface area contributed by atoms with Gasteiger partial charge in [-0.2, -0.15) is 0 Å². The topological polar surface area (TPSA) is 55.4 Å². The molecular weight excluding hydrogens is 242 g/mol. The average Bonchev–Trinajstić information content (AvgIpc) is 2.27. The van der Waals surface area contributed by atoms with Gasteiger partial charge < -0.3 is 10.1 Å². The van der Waals surface area contributed by atoms with Gasteiger partial charge in [0.25, 0.3) is 0 Å². The van der Waals surface area contributed by atoms with E-state index in [2.05, 4.69) is 5.32 Å². The molecule has 1 N–H and O–H groups in total. The molecule has 0 aliphatic heterocycles. The van der Waals surface area contributed by atoms with Gasteiger partial charge in [0.2, 0.25) is 0 Å². The summed E-state index contributed by atoms with van der Waals surface area (Å²) in [5.41, 5.74) is -0.275. The third-order valence-corrected chi connectivity index (χ3v) is 3.55. The molecule has 108 valence electrons. The number of allylic oxidation sites excluding steroid dienone is 1. The largest absolute Gasteiger partial charge is 0.446 e. The van der Waals surface area contributed by atoms with Crippen LogP contribution in [0.3, 0.4) is 0 Å². The maximum absolute atomic E-state index is 11.7. The van der Waals surface area contributed by atoms with Crippen LogP contribution in [0.25, 0.3) is 0 Å². The molecule has 0 radical (unpaired) electrons. The third-order valence-electron chi connectivity index (χ3n) is 3.55. The van der Waals surface area contributed by atoms with Crippen molar-refractivity contribution in [1.29, 1.82) is 0 Å². The predicted molar refractivity (Wildman–Crippen MR) is 74.5 cm³/mol. The van der Waals surface area contributed by atoms with E-state index in [1.165, 1.54) is 0 Å². The molecule has 4 nitrogen and oxygen atoms in total. The van der Waals surface area contributed by atoms with Crippen molar-refractivity contribution >= 4 is 12.0 Å². The molecule has 0 aromatic heterocycles. The quantitative estimate of drug-likeness (QED) is 0.799. The van der Waals surface area contributed by atoms with Gasteiger partial charge in [0.1, 0.15) is 12.0 Å². The number of amides is 1. The van der Waals surface area contributed by atoms with Gasteiger partial charge in [-0.3, -0.25) is 0 Å². The summed E-state index contributed by atoms with van der Waals surface area (Å²) < 4.78 is 5.42. The van der Waals surface area contributed by atoms with Crippen molar-refractivity contribution in [3.63, 3.8) is 0 Å². The molecule has 1 aliphatic carbocycles. The summed E-state index contributed by atoms with van der Waals surface area (Å²) in [6.45, 7) is 7.73. The molecule has 0 heterocycles. The highest BCUT2D eigenvalue weighted by molar-refractivity contribution is 5.68. The molecule has 0 aromatic carbocycles. The highest BCUT2D eigenvalue weighted by atomic mass is 16.6. The Labute approximate surface area is 115 Å². The number of alkyl carbamates (subject to hydrolysis) is 1. The fourth-order valence-corrected chi connectivity index (χ4v) is 2.48. The Kier molecular flexibility index (Phi) is 5.61. The van der Waals surface area contributed by atoms with Crippen molar-refractivity contribution < 1.29 is 14.3 Å². The van der Waals surface area contributed by atoms with E-state index < -0.39 is 0 Å². The van der Waals surface area contributed by atoms with E-state index in [-0.39, 0.29) is 17.7 Å². The maximum Gasteiger partial charge on any atom is 0.407 e. The Morgan fingerprint density at radius 2 is 1.89 bits per heavy atom. The fourth-order valence-electron chi connectivity index (χ4n) is 2.48. The lowest BCUT2D eigenvalue weighted by molar-refractivity contribution is 0.0517. The molecule has 1 saturated carbocycles. The monoisotopic (exact) mass is 267 g/mol. The Morgan fingerprint density at radius 1 is 1.32 bits per heavy atom. The average molecular weight is 267 g/mol. The molecule has 1 amide bonds. The SMILES string of the molecule is CC(OC(=O)NC(C)(C)C)C1CCC(C=C=O)CC1. The molecule has 0 aromatic rings. The summed E-state index contributed by atoms with van der Waals surface area (Å²) in [5, 5.41) is 2.80. The summed E-state index contributed by atoms with van der Waals surface area (Å²) in [7, 11) is 0. The van der Waals surface area contributed by atoms with Crippen molar-refractivity contribution in [1.82, 2.24) is 5.32 Å². The van der Waals surface area contributed by atoms with E-state index in [0.717, 1.165) is 25.7 Å². The van der Waals surface area contributed by atoms with Gasteiger partial charge in [-0.15, -0.1) is 0 Å². The minimum Gasteiger partial charge on any atom is -0.446 e.